The smallest absolute Gasteiger partial charge is 0.407 e. The van der Waals surface area contributed by atoms with Crippen LogP contribution in [0, 0.1) is 0 Å². The van der Waals surface area contributed by atoms with Crippen molar-refractivity contribution in [3.8, 4) is 11.5 Å². The number of hydrogen-bond donors (Lipinski definition) is 1. The average molecular weight is 380 g/mol. The van der Waals surface area contributed by atoms with Crippen molar-refractivity contribution in [3.63, 3.8) is 0 Å². The topological polar surface area (TPSA) is 63.3 Å². The van der Waals surface area contributed by atoms with E-state index >= 15 is 0 Å². The molecule has 0 radical (unpaired) electrons. The van der Waals surface area contributed by atoms with Gasteiger partial charge in [0.1, 0.15) is 23.7 Å². The highest BCUT2D eigenvalue weighted by Gasteiger charge is 2.26. The van der Waals surface area contributed by atoms with Crippen LogP contribution in [0.1, 0.15) is 20.8 Å². The molecule has 1 aromatic carbocycles. The molecule has 0 saturated carbocycles. The molecule has 27 heavy (non-hydrogen) atoms. The quantitative estimate of drug-likeness (QED) is 0.784. The van der Waals surface area contributed by atoms with Crippen molar-refractivity contribution in [2.75, 3.05) is 53.5 Å². The number of alkyl carbamates (subject to hydrolysis) is 1. The van der Waals surface area contributed by atoms with Crippen LogP contribution >= 0.6 is 0 Å². The van der Waals surface area contributed by atoms with E-state index in [0.29, 0.717) is 13.2 Å². The first-order valence-electron chi connectivity index (χ1n) is 9.43. The highest BCUT2D eigenvalue weighted by atomic mass is 16.6. The molecule has 7 nitrogen and oxygen atoms in total. The molecule has 1 amide bonds. The zero-order valence-electron chi connectivity index (χ0n) is 17.2. The van der Waals surface area contributed by atoms with Gasteiger partial charge in [-0.05, 0) is 52.1 Å². The molecule has 1 aromatic rings. The van der Waals surface area contributed by atoms with E-state index in [9.17, 15) is 4.79 Å². The molecule has 1 aliphatic rings. The lowest BCUT2D eigenvalue weighted by atomic mass is 10.1. The minimum absolute atomic E-state index is 0.232. The normalized spacial score (nSPS) is 18.8. The van der Waals surface area contributed by atoms with Crippen LogP contribution in [0.4, 0.5) is 4.79 Å². The summed E-state index contributed by atoms with van der Waals surface area (Å²) in [5.41, 5.74) is -0.487. The molecule has 7 heteroatoms. The standard InChI is InChI=1S/C20H33N3O4/c1-20(2,3)27-19(24)21-14-16-15-22(4)10-11-23(16)12-13-26-18-8-6-17(25-5)7-9-18/h6-9,16H,10-15H2,1-5H3,(H,21,24). The molecular weight excluding hydrogens is 346 g/mol. The highest BCUT2D eigenvalue weighted by molar-refractivity contribution is 5.67. The second-order valence-corrected chi connectivity index (χ2v) is 7.86. The van der Waals surface area contributed by atoms with Crippen molar-refractivity contribution in [3.05, 3.63) is 24.3 Å². The maximum Gasteiger partial charge on any atom is 0.407 e. The second-order valence-electron chi connectivity index (χ2n) is 7.86. The van der Waals surface area contributed by atoms with Crippen LogP contribution in [-0.4, -0.2) is 81.0 Å². The lowest BCUT2D eigenvalue weighted by molar-refractivity contribution is 0.0446. The number of rotatable bonds is 7. The van der Waals surface area contributed by atoms with Gasteiger partial charge in [-0.2, -0.15) is 0 Å². The minimum Gasteiger partial charge on any atom is -0.497 e. The molecule has 2 rings (SSSR count). The molecule has 1 heterocycles. The maximum absolute atomic E-state index is 11.9. The lowest BCUT2D eigenvalue weighted by Gasteiger charge is -2.40. The van der Waals surface area contributed by atoms with Crippen molar-refractivity contribution in [2.45, 2.75) is 32.4 Å². The first kappa shape index (κ1) is 21.3. The summed E-state index contributed by atoms with van der Waals surface area (Å²) >= 11 is 0. The van der Waals surface area contributed by atoms with Gasteiger partial charge in [0.05, 0.1) is 7.11 Å². The Bertz CT molecular complexity index is 586. The number of carbonyl (C=O) groups excluding carboxylic acids is 1. The number of likely N-dealkylation sites (N-methyl/N-ethyl adjacent to an activating group) is 1. The van der Waals surface area contributed by atoms with Crippen LogP contribution in [0.25, 0.3) is 0 Å². The third kappa shape index (κ3) is 7.64. The van der Waals surface area contributed by atoms with E-state index in [4.69, 9.17) is 14.2 Å². The SMILES string of the molecule is COc1ccc(OCCN2CCN(C)CC2CNC(=O)OC(C)(C)C)cc1. The van der Waals surface area contributed by atoms with Gasteiger partial charge in [-0.3, -0.25) is 4.90 Å². The van der Waals surface area contributed by atoms with Crippen LogP contribution in [0.3, 0.4) is 0 Å². The first-order valence-corrected chi connectivity index (χ1v) is 9.43. The number of methoxy groups -OCH3 is 1. The number of hydrogen-bond acceptors (Lipinski definition) is 6. The second kappa shape index (κ2) is 9.80. The molecule has 1 N–H and O–H groups in total. The summed E-state index contributed by atoms with van der Waals surface area (Å²) in [6.45, 7) is 10.4. The zero-order chi connectivity index (χ0) is 19.9. The summed E-state index contributed by atoms with van der Waals surface area (Å²) in [5, 5.41) is 2.90. The van der Waals surface area contributed by atoms with E-state index in [0.717, 1.165) is 37.7 Å². The van der Waals surface area contributed by atoms with Crippen LogP contribution in [0.5, 0.6) is 11.5 Å². The Morgan fingerprint density at radius 3 is 2.48 bits per heavy atom. The van der Waals surface area contributed by atoms with Gasteiger partial charge in [-0.15, -0.1) is 0 Å². The molecule has 1 aliphatic heterocycles. The Morgan fingerprint density at radius 1 is 1.19 bits per heavy atom. The number of carbonyl (C=O) groups is 1. The Hall–Kier alpha value is -1.99. The van der Waals surface area contributed by atoms with Gasteiger partial charge in [-0.25, -0.2) is 4.79 Å². The molecule has 1 fully saturated rings. The van der Waals surface area contributed by atoms with Gasteiger partial charge in [0.25, 0.3) is 0 Å². The number of nitrogens with zero attached hydrogens (tertiary/aromatic N) is 2. The van der Waals surface area contributed by atoms with Crippen LogP contribution in [-0.2, 0) is 4.74 Å². The van der Waals surface area contributed by atoms with E-state index in [-0.39, 0.29) is 12.1 Å². The molecule has 1 saturated heterocycles. The molecule has 152 valence electrons. The van der Waals surface area contributed by atoms with E-state index in [2.05, 4.69) is 22.2 Å². The first-order chi connectivity index (χ1) is 12.8. The number of amides is 1. The highest BCUT2D eigenvalue weighted by Crippen LogP contribution is 2.17. The Morgan fingerprint density at radius 2 is 1.85 bits per heavy atom. The zero-order valence-corrected chi connectivity index (χ0v) is 17.2. The maximum atomic E-state index is 11.9. The molecule has 0 spiro atoms. The molecule has 0 aliphatic carbocycles. The summed E-state index contributed by atoms with van der Waals surface area (Å²) in [6, 6.07) is 7.82. The fraction of sp³-hybridized carbons (Fsp3) is 0.650. The summed E-state index contributed by atoms with van der Waals surface area (Å²) in [6.07, 6.45) is -0.370. The van der Waals surface area contributed by atoms with Crippen molar-refractivity contribution in [2.24, 2.45) is 0 Å². The van der Waals surface area contributed by atoms with Gasteiger partial charge in [0.15, 0.2) is 0 Å². The number of nitrogens with one attached hydrogen (secondary N) is 1. The predicted octanol–water partition coefficient (Wildman–Crippen LogP) is 2.21. The molecule has 0 aromatic heterocycles. The van der Waals surface area contributed by atoms with Crippen LogP contribution in [0.2, 0.25) is 0 Å². The number of ether oxygens (including phenoxy) is 3. The Balaban J connectivity index is 1.80. The van der Waals surface area contributed by atoms with Crippen molar-refractivity contribution in [1.82, 2.24) is 15.1 Å². The average Bonchev–Trinajstić information content (AvgIpc) is 2.60. The van der Waals surface area contributed by atoms with Gasteiger partial charge < -0.3 is 24.4 Å². The van der Waals surface area contributed by atoms with E-state index in [1.54, 1.807) is 7.11 Å². The molecule has 1 atom stereocenters. The van der Waals surface area contributed by atoms with Gasteiger partial charge in [-0.1, -0.05) is 0 Å². The van der Waals surface area contributed by atoms with Crippen LogP contribution in [0.15, 0.2) is 24.3 Å². The fourth-order valence-electron chi connectivity index (χ4n) is 3.00. The largest absolute Gasteiger partial charge is 0.497 e. The fourth-order valence-corrected chi connectivity index (χ4v) is 3.00. The van der Waals surface area contributed by atoms with Crippen molar-refractivity contribution >= 4 is 6.09 Å². The van der Waals surface area contributed by atoms with Gasteiger partial charge >= 0.3 is 6.09 Å². The third-order valence-electron chi connectivity index (χ3n) is 4.40. The Kier molecular flexibility index (Phi) is 7.74. The summed E-state index contributed by atoms with van der Waals surface area (Å²) in [7, 11) is 3.75. The molecule has 0 bridgehead atoms. The minimum atomic E-state index is -0.487. The van der Waals surface area contributed by atoms with Crippen molar-refractivity contribution < 1.29 is 19.0 Å². The van der Waals surface area contributed by atoms with Crippen molar-refractivity contribution in [1.29, 1.82) is 0 Å². The van der Waals surface area contributed by atoms with Gasteiger partial charge in [0.2, 0.25) is 0 Å². The monoisotopic (exact) mass is 379 g/mol. The number of piperazine rings is 1. The number of benzene rings is 1. The van der Waals surface area contributed by atoms with Gasteiger partial charge in [0, 0.05) is 38.8 Å². The Labute approximate surface area is 162 Å². The predicted molar refractivity (Wildman–Crippen MR) is 106 cm³/mol. The van der Waals surface area contributed by atoms with E-state index < -0.39 is 5.60 Å². The molecular formula is C20H33N3O4. The van der Waals surface area contributed by atoms with E-state index in [1.807, 2.05) is 45.0 Å². The van der Waals surface area contributed by atoms with Crippen LogP contribution < -0.4 is 14.8 Å². The van der Waals surface area contributed by atoms with E-state index in [1.165, 1.54) is 0 Å². The lowest BCUT2D eigenvalue weighted by Crippen LogP contribution is -2.57. The summed E-state index contributed by atoms with van der Waals surface area (Å²) < 4.78 is 16.3. The summed E-state index contributed by atoms with van der Waals surface area (Å²) in [5.74, 6) is 1.64. The summed E-state index contributed by atoms with van der Waals surface area (Å²) in [4.78, 5) is 16.6. The molecule has 1 unspecified atom stereocenters. The third-order valence-corrected chi connectivity index (χ3v) is 4.40.